The Morgan fingerprint density at radius 1 is 1.03 bits per heavy atom. The zero-order valence-corrected chi connectivity index (χ0v) is 17.7. The van der Waals surface area contributed by atoms with Crippen LogP contribution in [0.3, 0.4) is 0 Å². The number of benzene rings is 1. The predicted molar refractivity (Wildman–Crippen MR) is 117 cm³/mol. The van der Waals surface area contributed by atoms with Gasteiger partial charge in [-0.05, 0) is 49.0 Å². The van der Waals surface area contributed by atoms with Crippen LogP contribution >= 0.6 is 23.1 Å². The van der Waals surface area contributed by atoms with Crippen molar-refractivity contribution in [1.82, 2.24) is 9.80 Å². The monoisotopic (exact) mass is 427 g/mol. The number of carbonyl (C=O) groups excluding carboxylic acids is 3. The van der Waals surface area contributed by atoms with E-state index >= 15 is 0 Å². The van der Waals surface area contributed by atoms with Crippen molar-refractivity contribution in [3.63, 3.8) is 0 Å². The summed E-state index contributed by atoms with van der Waals surface area (Å²) in [5.74, 6) is -0.574. The third-order valence-electron chi connectivity index (χ3n) is 4.96. The van der Waals surface area contributed by atoms with Gasteiger partial charge in [0.2, 0.25) is 5.91 Å². The number of amides is 3. The third-order valence-corrected chi connectivity index (χ3v) is 6.81. The highest BCUT2D eigenvalue weighted by Crippen LogP contribution is 2.33. The Labute approximate surface area is 177 Å². The molecule has 150 valence electrons. The van der Waals surface area contributed by atoms with E-state index in [1.165, 1.54) is 0 Å². The highest BCUT2D eigenvalue weighted by atomic mass is 32.2. The van der Waals surface area contributed by atoms with Crippen molar-refractivity contribution in [2.24, 2.45) is 0 Å². The maximum Gasteiger partial charge on any atom is 0.294 e. The van der Waals surface area contributed by atoms with Crippen molar-refractivity contribution in [2.45, 2.75) is 6.92 Å². The lowest BCUT2D eigenvalue weighted by atomic mass is 10.2. The quantitative estimate of drug-likeness (QED) is 0.700. The number of rotatable bonds is 4. The topological polar surface area (TPSA) is 60.9 Å². The summed E-state index contributed by atoms with van der Waals surface area (Å²) in [5.41, 5.74) is 1.14. The molecule has 2 saturated heterocycles. The Balaban J connectivity index is 1.35. The van der Waals surface area contributed by atoms with E-state index < -0.39 is 0 Å². The lowest BCUT2D eigenvalue weighted by molar-refractivity contribution is -0.136. The number of aryl methyl sites for hydroxylation is 1. The summed E-state index contributed by atoms with van der Waals surface area (Å²) in [6.45, 7) is 4.41. The molecule has 8 heteroatoms. The lowest BCUT2D eigenvalue weighted by Crippen LogP contribution is -2.51. The molecule has 0 unspecified atom stereocenters. The molecule has 3 amide bonds. The predicted octanol–water partition coefficient (Wildman–Crippen LogP) is 3.44. The zero-order valence-electron chi connectivity index (χ0n) is 16.0. The molecule has 2 aromatic rings. The van der Waals surface area contributed by atoms with E-state index in [0.29, 0.717) is 18.0 Å². The van der Waals surface area contributed by atoms with E-state index in [-0.39, 0.29) is 23.6 Å². The molecule has 1 aromatic heterocycles. The smallest absolute Gasteiger partial charge is 0.294 e. The summed E-state index contributed by atoms with van der Waals surface area (Å²) >= 11 is 2.46. The van der Waals surface area contributed by atoms with Gasteiger partial charge in [0.1, 0.15) is 6.54 Å². The van der Waals surface area contributed by atoms with Crippen LogP contribution in [0.25, 0.3) is 6.08 Å². The third kappa shape index (κ3) is 4.38. The summed E-state index contributed by atoms with van der Waals surface area (Å²) in [5, 5.41) is -0.384. The van der Waals surface area contributed by atoms with E-state index in [1.54, 1.807) is 22.3 Å². The standard InChI is InChI=1S/C21H21N3O3S2/c1-15-7-8-17(28-15)13-18-20(26)24(21(27)29-18)14-19(25)23-11-9-22(10-12-23)16-5-3-2-4-6-16/h2-8,13H,9-12,14H2,1H3/b18-13-. The Morgan fingerprint density at radius 2 is 1.76 bits per heavy atom. The number of anilines is 1. The number of hydrogen-bond acceptors (Lipinski definition) is 6. The van der Waals surface area contributed by atoms with Gasteiger partial charge in [-0.3, -0.25) is 19.3 Å². The van der Waals surface area contributed by atoms with E-state index in [9.17, 15) is 14.4 Å². The molecule has 6 nitrogen and oxygen atoms in total. The zero-order chi connectivity index (χ0) is 20.4. The Bertz CT molecular complexity index is 963. The largest absolute Gasteiger partial charge is 0.368 e. The molecule has 1 aromatic carbocycles. The van der Waals surface area contributed by atoms with Gasteiger partial charge < -0.3 is 9.80 Å². The van der Waals surface area contributed by atoms with Crippen molar-refractivity contribution in [3.05, 3.63) is 57.1 Å². The number of thioether (sulfide) groups is 1. The molecule has 0 spiro atoms. The highest BCUT2D eigenvalue weighted by molar-refractivity contribution is 8.18. The molecule has 0 atom stereocenters. The minimum absolute atomic E-state index is 0.187. The number of hydrogen-bond donors (Lipinski definition) is 0. The number of imide groups is 1. The summed E-state index contributed by atoms with van der Waals surface area (Å²) in [6.07, 6.45) is 1.73. The van der Waals surface area contributed by atoms with E-state index in [2.05, 4.69) is 17.0 Å². The number of nitrogens with zero attached hydrogens (tertiary/aromatic N) is 3. The summed E-state index contributed by atoms with van der Waals surface area (Å²) in [4.78, 5) is 45.1. The fourth-order valence-corrected chi connectivity index (χ4v) is 5.11. The van der Waals surface area contributed by atoms with E-state index in [1.807, 2.05) is 37.3 Å². The van der Waals surface area contributed by atoms with Gasteiger partial charge in [0.05, 0.1) is 4.91 Å². The summed E-state index contributed by atoms with van der Waals surface area (Å²) < 4.78 is 0. The Hall–Kier alpha value is -2.58. The average molecular weight is 428 g/mol. The Kier molecular flexibility index (Phi) is 5.73. The number of carbonyl (C=O) groups is 3. The van der Waals surface area contributed by atoms with Crippen LogP contribution in [0.4, 0.5) is 10.5 Å². The first-order chi connectivity index (χ1) is 14.0. The van der Waals surface area contributed by atoms with Crippen LogP contribution in [0.5, 0.6) is 0 Å². The van der Waals surface area contributed by atoms with Crippen molar-refractivity contribution in [2.75, 3.05) is 37.6 Å². The molecule has 0 bridgehead atoms. The maximum atomic E-state index is 12.7. The summed E-state index contributed by atoms with van der Waals surface area (Å²) in [7, 11) is 0. The van der Waals surface area contributed by atoms with E-state index in [4.69, 9.17) is 0 Å². The van der Waals surface area contributed by atoms with Gasteiger partial charge >= 0.3 is 0 Å². The first kappa shape index (κ1) is 19.7. The van der Waals surface area contributed by atoms with Gasteiger partial charge in [0.25, 0.3) is 11.1 Å². The van der Waals surface area contributed by atoms with Crippen LogP contribution in [0.15, 0.2) is 47.4 Å². The van der Waals surface area contributed by atoms with Crippen molar-refractivity contribution in [3.8, 4) is 0 Å². The minimum Gasteiger partial charge on any atom is -0.368 e. The Morgan fingerprint density at radius 3 is 2.41 bits per heavy atom. The molecule has 0 N–H and O–H groups in total. The molecular formula is C21H21N3O3S2. The molecule has 2 aliphatic rings. The lowest BCUT2D eigenvalue weighted by Gasteiger charge is -2.36. The van der Waals surface area contributed by atoms with Gasteiger partial charge in [0, 0.05) is 41.6 Å². The first-order valence-electron chi connectivity index (χ1n) is 9.41. The molecule has 3 heterocycles. The fourth-order valence-electron chi connectivity index (χ4n) is 3.38. The molecule has 0 aliphatic carbocycles. The molecule has 0 saturated carbocycles. The second-order valence-corrected chi connectivity index (χ2v) is 9.23. The van der Waals surface area contributed by atoms with Gasteiger partial charge in [0.15, 0.2) is 0 Å². The van der Waals surface area contributed by atoms with Crippen molar-refractivity contribution < 1.29 is 14.4 Å². The second kappa shape index (κ2) is 8.42. The molecule has 2 fully saturated rings. The van der Waals surface area contributed by atoms with Crippen LogP contribution in [-0.2, 0) is 9.59 Å². The molecule has 2 aliphatic heterocycles. The molecule has 29 heavy (non-hydrogen) atoms. The number of piperazine rings is 1. The van der Waals surface area contributed by atoms with Crippen molar-refractivity contribution in [1.29, 1.82) is 0 Å². The van der Waals surface area contributed by atoms with Crippen LogP contribution in [0, 0.1) is 6.92 Å². The summed E-state index contributed by atoms with van der Waals surface area (Å²) in [6, 6.07) is 14.0. The van der Waals surface area contributed by atoms with Crippen LogP contribution < -0.4 is 4.90 Å². The van der Waals surface area contributed by atoms with Crippen LogP contribution in [0.1, 0.15) is 9.75 Å². The minimum atomic E-state index is -0.387. The molecule has 0 radical (unpaired) electrons. The molecule has 4 rings (SSSR count). The number of para-hydroxylation sites is 1. The average Bonchev–Trinajstić information content (AvgIpc) is 3.26. The first-order valence-corrected chi connectivity index (χ1v) is 11.0. The second-order valence-electron chi connectivity index (χ2n) is 6.92. The van der Waals surface area contributed by atoms with Gasteiger partial charge in [-0.25, -0.2) is 0 Å². The van der Waals surface area contributed by atoms with E-state index in [0.717, 1.165) is 45.2 Å². The van der Waals surface area contributed by atoms with Gasteiger partial charge in [-0.15, -0.1) is 11.3 Å². The van der Waals surface area contributed by atoms with Gasteiger partial charge in [-0.1, -0.05) is 18.2 Å². The fraction of sp³-hybridized carbons (Fsp3) is 0.286. The van der Waals surface area contributed by atoms with Crippen LogP contribution in [0.2, 0.25) is 0 Å². The van der Waals surface area contributed by atoms with Crippen LogP contribution in [-0.4, -0.2) is 59.6 Å². The molecular weight excluding hydrogens is 406 g/mol. The maximum absolute atomic E-state index is 12.7. The normalized spacial score (nSPS) is 18.8. The van der Waals surface area contributed by atoms with Crippen molar-refractivity contribution >= 4 is 51.9 Å². The highest BCUT2D eigenvalue weighted by Gasteiger charge is 2.37. The number of thiophene rings is 1. The van der Waals surface area contributed by atoms with Gasteiger partial charge in [-0.2, -0.15) is 0 Å². The SMILES string of the molecule is Cc1ccc(/C=C2\SC(=O)N(CC(=O)N3CCN(c4ccccc4)CC3)C2=O)s1.